The molecule has 1 unspecified atom stereocenters. The topological polar surface area (TPSA) is 63.0 Å². The third-order valence-electron chi connectivity index (χ3n) is 4.85. The molecule has 1 fully saturated rings. The number of furan rings is 1. The number of nitrogens with zero attached hydrogens (tertiary/aromatic N) is 2. The fourth-order valence-corrected chi connectivity index (χ4v) is 3.99. The second kappa shape index (κ2) is 10.4. The lowest BCUT2D eigenvalue weighted by Gasteiger charge is -2.28. The van der Waals surface area contributed by atoms with Crippen LogP contribution in [0.15, 0.2) is 40.3 Å². The smallest absolute Gasteiger partial charge is 0.264 e. The van der Waals surface area contributed by atoms with Gasteiger partial charge in [-0.15, -0.1) is 11.3 Å². The molecule has 0 N–H and O–H groups in total. The van der Waals surface area contributed by atoms with Crippen LogP contribution in [-0.4, -0.2) is 54.0 Å². The van der Waals surface area contributed by atoms with E-state index < -0.39 is 0 Å². The van der Waals surface area contributed by atoms with Gasteiger partial charge in [-0.1, -0.05) is 19.4 Å². The Hall–Kier alpha value is -2.12. The van der Waals surface area contributed by atoms with Gasteiger partial charge in [0.2, 0.25) is 5.91 Å². The van der Waals surface area contributed by atoms with Gasteiger partial charge < -0.3 is 19.0 Å². The number of hydrogen-bond acceptors (Lipinski definition) is 5. The first-order valence-corrected chi connectivity index (χ1v) is 10.8. The van der Waals surface area contributed by atoms with E-state index in [2.05, 4.69) is 6.92 Å². The number of rotatable bonds is 10. The third-order valence-corrected chi connectivity index (χ3v) is 5.71. The van der Waals surface area contributed by atoms with Crippen LogP contribution in [0.5, 0.6) is 0 Å². The number of ether oxygens (including phenoxy) is 1. The van der Waals surface area contributed by atoms with Crippen LogP contribution in [0.2, 0.25) is 0 Å². The summed E-state index contributed by atoms with van der Waals surface area (Å²) in [5.41, 5.74) is 0. The lowest BCUT2D eigenvalue weighted by atomic mass is 10.2. The molecule has 0 saturated carbocycles. The monoisotopic (exact) mass is 404 g/mol. The minimum Gasteiger partial charge on any atom is -0.467 e. The molecule has 1 saturated heterocycles. The van der Waals surface area contributed by atoms with E-state index in [1.54, 1.807) is 16.1 Å². The molecule has 28 heavy (non-hydrogen) atoms. The van der Waals surface area contributed by atoms with Crippen LogP contribution >= 0.6 is 11.3 Å². The summed E-state index contributed by atoms with van der Waals surface area (Å²) in [6.07, 6.45) is 5.47. The molecule has 3 heterocycles. The Morgan fingerprint density at radius 3 is 2.79 bits per heavy atom. The van der Waals surface area contributed by atoms with Gasteiger partial charge in [-0.2, -0.15) is 0 Å². The molecule has 7 heteroatoms. The van der Waals surface area contributed by atoms with E-state index in [1.807, 2.05) is 29.6 Å². The first-order valence-electron chi connectivity index (χ1n) is 9.92. The average molecular weight is 405 g/mol. The fourth-order valence-electron chi connectivity index (χ4n) is 3.30. The molecular formula is C21H28N2O4S. The number of amides is 2. The summed E-state index contributed by atoms with van der Waals surface area (Å²) in [5, 5.41) is 1.88. The summed E-state index contributed by atoms with van der Waals surface area (Å²) in [6.45, 7) is 4.38. The second-order valence-corrected chi connectivity index (χ2v) is 7.99. The summed E-state index contributed by atoms with van der Waals surface area (Å²) in [5.74, 6) is 0.579. The minimum atomic E-state index is -0.0770. The third kappa shape index (κ3) is 5.69. The maximum Gasteiger partial charge on any atom is 0.264 e. The molecule has 3 rings (SSSR count). The van der Waals surface area contributed by atoms with Gasteiger partial charge in [0.1, 0.15) is 12.3 Å². The van der Waals surface area contributed by atoms with Gasteiger partial charge in [0, 0.05) is 19.7 Å². The van der Waals surface area contributed by atoms with E-state index in [9.17, 15) is 9.59 Å². The molecule has 2 aromatic rings. The zero-order valence-electron chi connectivity index (χ0n) is 16.3. The van der Waals surface area contributed by atoms with Crippen molar-refractivity contribution in [3.63, 3.8) is 0 Å². The first kappa shape index (κ1) is 20.6. The van der Waals surface area contributed by atoms with Crippen molar-refractivity contribution >= 4 is 23.2 Å². The SMILES string of the molecule is CCCCN(CC(=O)N(Cc1ccco1)CC1CCCO1)C(=O)c1cccs1. The maximum atomic E-state index is 13.1. The second-order valence-electron chi connectivity index (χ2n) is 7.05. The van der Waals surface area contributed by atoms with Crippen LogP contribution in [0.25, 0.3) is 0 Å². The Morgan fingerprint density at radius 2 is 2.14 bits per heavy atom. The van der Waals surface area contributed by atoms with Crippen LogP contribution in [0.4, 0.5) is 0 Å². The predicted molar refractivity (Wildman–Crippen MR) is 108 cm³/mol. The van der Waals surface area contributed by atoms with Crippen molar-refractivity contribution in [2.45, 2.75) is 45.3 Å². The Bertz CT molecular complexity index is 724. The highest BCUT2D eigenvalue weighted by molar-refractivity contribution is 7.12. The zero-order valence-corrected chi connectivity index (χ0v) is 17.2. The molecule has 2 amide bonds. The van der Waals surface area contributed by atoms with Crippen LogP contribution < -0.4 is 0 Å². The highest BCUT2D eigenvalue weighted by atomic mass is 32.1. The fraction of sp³-hybridized carbons (Fsp3) is 0.524. The molecule has 0 radical (unpaired) electrons. The summed E-state index contributed by atoms with van der Waals surface area (Å²) in [6, 6.07) is 7.35. The molecule has 0 bridgehead atoms. The summed E-state index contributed by atoms with van der Waals surface area (Å²) >= 11 is 1.41. The van der Waals surface area contributed by atoms with Crippen molar-refractivity contribution in [2.24, 2.45) is 0 Å². The Morgan fingerprint density at radius 1 is 1.25 bits per heavy atom. The molecule has 152 valence electrons. The number of unbranched alkanes of at least 4 members (excludes halogenated alkanes) is 1. The Kier molecular flexibility index (Phi) is 7.68. The van der Waals surface area contributed by atoms with Crippen molar-refractivity contribution in [2.75, 3.05) is 26.2 Å². The normalized spacial score (nSPS) is 16.2. The summed E-state index contributed by atoms with van der Waals surface area (Å²) in [4.78, 5) is 30.1. The van der Waals surface area contributed by atoms with Crippen molar-refractivity contribution in [1.82, 2.24) is 9.80 Å². The molecule has 0 aliphatic carbocycles. The van der Waals surface area contributed by atoms with Crippen molar-refractivity contribution in [3.05, 3.63) is 46.5 Å². The first-order chi connectivity index (χ1) is 13.7. The largest absolute Gasteiger partial charge is 0.467 e. The maximum absolute atomic E-state index is 13.1. The average Bonchev–Trinajstić information content (AvgIpc) is 3.47. The molecule has 1 aliphatic heterocycles. The van der Waals surface area contributed by atoms with Crippen molar-refractivity contribution in [3.8, 4) is 0 Å². The minimum absolute atomic E-state index is 0.0519. The van der Waals surface area contributed by atoms with Gasteiger partial charge in [-0.05, 0) is 42.8 Å². The quantitative estimate of drug-likeness (QED) is 0.604. The molecule has 2 aromatic heterocycles. The van der Waals surface area contributed by atoms with Crippen LogP contribution in [0.3, 0.4) is 0 Å². The van der Waals surface area contributed by atoms with Crippen molar-refractivity contribution in [1.29, 1.82) is 0 Å². The van der Waals surface area contributed by atoms with E-state index in [1.165, 1.54) is 11.3 Å². The lowest BCUT2D eigenvalue weighted by Crippen LogP contribution is -2.45. The molecule has 1 aliphatic rings. The van der Waals surface area contributed by atoms with E-state index >= 15 is 0 Å². The Labute approximate surface area is 170 Å². The predicted octanol–water partition coefficient (Wildman–Crippen LogP) is 3.79. The van der Waals surface area contributed by atoms with Gasteiger partial charge >= 0.3 is 0 Å². The number of hydrogen-bond donors (Lipinski definition) is 0. The highest BCUT2D eigenvalue weighted by Gasteiger charge is 2.26. The van der Waals surface area contributed by atoms with Gasteiger partial charge in [-0.3, -0.25) is 9.59 Å². The van der Waals surface area contributed by atoms with E-state index in [0.29, 0.717) is 24.5 Å². The van der Waals surface area contributed by atoms with Crippen LogP contribution in [0, 0.1) is 0 Å². The standard InChI is InChI=1S/C21H28N2O4S/c1-2-3-10-22(21(25)19-9-6-13-28-19)16-20(24)23(14-17-7-4-11-26-17)15-18-8-5-12-27-18/h4,6-7,9,11,13,18H,2-3,5,8,10,12,14-16H2,1H3. The summed E-state index contributed by atoms with van der Waals surface area (Å²) in [7, 11) is 0. The van der Waals surface area contributed by atoms with Gasteiger partial charge in [-0.25, -0.2) is 0 Å². The van der Waals surface area contributed by atoms with Gasteiger partial charge in [0.25, 0.3) is 5.91 Å². The molecule has 0 spiro atoms. The zero-order chi connectivity index (χ0) is 19.8. The molecular weight excluding hydrogens is 376 g/mol. The van der Waals surface area contributed by atoms with Gasteiger partial charge in [0.05, 0.1) is 23.8 Å². The van der Waals surface area contributed by atoms with Crippen LogP contribution in [-0.2, 0) is 16.1 Å². The Balaban J connectivity index is 1.69. The summed E-state index contributed by atoms with van der Waals surface area (Å²) < 4.78 is 11.2. The molecule has 0 aromatic carbocycles. The number of carbonyl (C=O) groups excluding carboxylic acids is 2. The highest BCUT2D eigenvalue weighted by Crippen LogP contribution is 2.17. The van der Waals surface area contributed by atoms with E-state index in [4.69, 9.17) is 9.15 Å². The number of carbonyl (C=O) groups is 2. The van der Waals surface area contributed by atoms with E-state index in [-0.39, 0.29) is 24.5 Å². The van der Waals surface area contributed by atoms with Crippen molar-refractivity contribution < 1.29 is 18.7 Å². The van der Waals surface area contributed by atoms with E-state index in [0.717, 1.165) is 38.1 Å². The van der Waals surface area contributed by atoms with Crippen LogP contribution in [0.1, 0.15) is 48.0 Å². The number of thiophene rings is 1. The van der Waals surface area contributed by atoms with Gasteiger partial charge in [0.15, 0.2) is 0 Å². The molecule has 6 nitrogen and oxygen atoms in total. The lowest BCUT2D eigenvalue weighted by molar-refractivity contribution is -0.134. The molecule has 1 atom stereocenters.